The van der Waals surface area contributed by atoms with Gasteiger partial charge in [0, 0.05) is 5.56 Å². The number of guanidine groups is 1. The molecule has 0 aliphatic heterocycles. The molecule has 0 aliphatic carbocycles. The third kappa shape index (κ3) is 9.14. The molecule has 0 fully saturated rings. The number of halogens is 3. The van der Waals surface area contributed by atoms with Crippen molar-refractivity contribution in [3.63, 3.8) is 0 Å². The first-order valence-corrected chi connectivity index (χ1v) is 9.85. The number of nitrogens with zero attached hydrogens (tertiary/aromatic N) is 1. The maximum absolute atomic E-state index is 12.5. The van der Waals surface area contributed by atoms with Gasteiger partial charge in [-0.15, -0.1) is 0 Å². The number of nitrogens with two attached hydrogens (primary N) is 2. The highest BCUT2D eigenvalue weighted by molar-refractivity contribution is 7.85. The van der Waals surface area contributed by atoms with Gasteiger partial charge in [-0.25, -0.2) is 9.78 Å². The van der Waals surface area contributed by atoms with Crippen molar-refractivity contribution in [2.24, 2.45) is 11.5 Å². The predicted molar refractivity (Wildman–Crippen MR) is 107 cm³/mol. The molecule has 1 aromatic heterocycles. The van der Waals surface area contributed by atoms with Gasteiger partial charge in [-0.1, -0.05) is 12.1 Å². The topological polar surface area (TPSA) is 196 Å². The number of carboxylic acid groups (broad SMARTS) is 1. The maximum atomic E-state index is 12.5. The fourth-order valence-electron chi connectivity index (χ4n) is 2.09. The summed E-state index contributed by atoms with van der Waals surface area (Å²) in [5.41, 5.74) is 9.84. The molecule has 2 aromatic carbocycles. The Labute approximate surface area is 174 Å². The van der Waals surface area contributed by atoms with Crippen molar-refractivity contribution in [2.75, 3.05) is 6.26 Å². The summed E-state index contributed by atoms with van der Waals surface area (Å²) < 4.78 is 63.5. The molecule has 8 N–H and O–H groups in total. The molecule has 1 heterocycles. The number of hydrogen-bond donors (Lipinski definition) is 6. The molecule has 10 nitrogen and oxygen atoms in total. The molecule has 31 heavy (non-hydrogen) atoms. The SMILES string of the molecule is CS(=O)(=O)O.N=C(N)N.O=C(O)c1ccc2[nH]c(-c3ccc(C(F)(F)F)cc3)nc2c1. The summed E-state index contributed by atoms with van der Waals surface area (Å²) in [5.74, 6) is -1.02. The van der Waals surface area contributed by atoms with Gasteiger partial charge < -0.3 is 21.6 Å². The van der Waals surface area contributed by atoms with Crippen LogP contribution in [0, 0.1) is 5.41 Å². The van der Waals surface area contributed by atoms with Crippen LogP contribution in [0.1, 0.15) is 15.9 Å². The number of carbonyl (C=O) groups is 1. The number of carboxylic acids is 1. The zero-order valence-electron chi connectivity index (χ0n) is 15.8. The van der Waals surface area contributed by atoms with E-state index in [0.717, 1.165) is 12.1 Å². The lowest BCUT2D eigenvalue weighted by molar-refractivity contribution is -0.137. The molecular formula is C17H18F3N5O5S. The van der Waals surface area contributed by atoms with Crippen LogP contribution in [-0.4, -0.2) is 46.2 Å². The minimum absolute atomic E-state index is 0.0953. The van der Waals surface area contributed by atoms with Gasteiger partial charge in [-0.2, -0.15) is 21.6 Å². The Morgan fingerprint density at radius 2 is 1.61 bits per heavy atom. The first-order chi connectivity index (χ1) is 14.1. The smallest absolute Gasteiger partial charge is 0.416 e. The second-order valence-electron chi connectivity index (χ2n) is 5.89. The normalized spacial score (nSPS) is 11.0. The summed E-state index contributed by atoms with van der Waals surface area (Å²) in [4.78, 5) is 18.1. The number of benzene rings is 2. The summed E-state index contributed by atoms with van der Waals surface area (Å²) in [6.07, 6.45) is -3.67. The Balaban J connectivity index is 0.000000454. The number of fused-ring (bicyclic) bond motifs is 1. The number of aromatic amines is 1. The van der Waals surface area contributed by atoms with Gasteiger partial charge in [-0.3, -0.25) is 9.96 Å². The number of H-pyrrole nitrogens is 1. The quantitative estimate of drug-likeness (QED) is 0.190. The minimum atomic E-state index is -4.39. The molecule has 14 heteroatoms. The molecular weight excluding hydrogens is 443 g/mol. The van der Waals surface area contributed by atoms with E-state index < -0.39 is 27.8 Å². The monoisotopic (exact) mass is 461 g/mol. The summed E-state index contributed by atoms with van der Waals surface area (Å²) >= 11 is 0. The van der Waals surface area contributed by atoms with E-state index in [1.54, 1.807) is 6.07 Å². The van der Waals surface area contributed by atoms with Gasteiger partial charge in [-0.05, 0) is 30.3 Å². The standard InChI is InChI=1S/C15H9F3N2O2.CH5N3.CH4O3S/c16-15(17,18)10-4-1-8(2-5-10)13-19-11-6-3-9(14(21)22)7-12(11)20-13;2-1(3)4;1-5(2,3)4/h1-7H,(H,19,20)(H,21,22);(H5,2,3,4);1H3,(H,2,3,4). The lowest BCUT2D eigenvalue weighted by atomic mass is 10.1. The highest BCUT2D eigenvalue weighted by Gasteiger charge is 2.30. The van der Waals surface area contributed by atoms with Crippen LogP contribution >= 0.6 is 0 Å². The Hall–Kier alpha value is -3.65. The number of aromatic carboxylic acids is 1. The summed E-state index contributed by atoms with van der Waals surface area (Å²) in [5, 5.41) is 15.0. The molecule has 0 saturated heterocycles. The largest absolute Gasteiger partial charge is 0.478 e. The van der Waals surface area contributed by atoms with Crippen LogP contribution in [0.3, 0.4) is 0 Å². The van der Waals surface area contributed by atoms with E-state index in [1.165, 1.54) is 24.3 Å². The van der Waals surface area contributed by atoms with Gasteiger partial charge in [0.05, 0.1) is 28.4 Å². The second-order valence-corrected chi connectivity index (χ2v) is 7.35. The Kier molecular flexibility index (Phi) is 8.11. The molecule has 0 atom stereocenters. The number of rotatable bonds is 2. The van der Waals surface area contributed by atoms with Crippen LogP contribution in [0.15, 0.2) is 42.5 Å². The molecule has 0 unspecified atom stereocenters. The van der Waals surface area contributed by atoms with Gasteiger partial charge >= 0.3 is 12.1 Å². The minimum Gasteiger partial charge on any atom is -0.478 e. The van der Waals surface area contributed by atoms with E-state index in [9.17, 15) is 26.4 Å². The molecule has 0 spiro atoms. The predicted octanol–water partition coefficient (Wildman–Crippen LogP) is 2.29. The number of aromatic nitrogens is 2. The van der Waals surface area contributed by atoms with E-state index in [4.69, 9.17) is 15.1 Å². The summed E-state index contributed by atoms with van der Waals surface area (Å²) in [7, 11) is -3.67. The van der Waals surface area contributed by atoms with E-state index in [0.29, 0.717) is 28.7 Å². The number of imidazole rings is 1. The van der Waals surface area contributed by atoms with E-state index in [-0.39, 0.29) is 11.5 Å². The van der Waals surface area contributed by atoms with Crippen LogP contribution in [0.4, 0.5) is 13.2 Å². The number of alkyl halides is 3. The van der Waals surface area contributed by atoms with E-state index in [1.807, 2.05) is 0 Å². The van der Waals surface area contributed by atoms with Crippen molar-refractivity contribution in [1.29, 1.82) is 5.41 Å². The van der Waals surface area contributed by atoms with Crippen LogP contribution in [-0.2, 0) is 16.3 Å². The molecule has 0 radical (unpaired) electrons. The fourth-order valence-corrected chi connectivity index (χ4v) is 2.09. The Morgan fingerprint density at radius 1 is 1.13 bits per heavy atom. The van der Waals surface area contributed by atoms with Crippen LogP contribution in [0.2, 0.25) is 0 Å². The van der Waals surface area contributed by atoms with Crippen molar-refractivity contribution in [3.8, 4) is 11.4 Å². The first kappa shape index (κ1) is 25.4. The van der Waals surface area contributed by atoms with Crippen LogP contribution in [0.25, 0.3) is 22.4 Å². The molecule has 0 saturated carbocycles. The van der Waals surface area contributed by atoms with Crippen molar-refractivity contribution in [1.82, 2.24) is 9.97 Å². The molecule has 168 valence electrons. The van der Waals surface area contributed by atoms with Gasteiger partial charge in [0.25, 0.3) is 10.1 Å². The lowest BCUT2D eigenvalue weighted by Gasteiger charge is -2.06. The molecule has 0 amide bonds. The third-order valence-electron chi connectivity index (χ3n) is 3.22. The van der Waals surface area contributed by atoms with E-state index >= 15 is 0 Å². The highest BCUT2D eigenvalue weighted by atomic mass is 32.2. The van der Waals surface area contributed by atoms with Gasteiger partial charge in [0.2, 0.25) is 0 Å². The molecule has 3 rings (SSSR count). The van der Waals surface area contributed by atoms with Crippen molar-refractivity contribution in [2.45, 2.75) is 6.18 Å². The Morgan fingerprint density at radius 3 is 2.03 bits per heavy atom. The first-order valence-electron chi connectivity index (χ1n) is 8.00. The zero-order valence-corrected chi connectivity index (χ0v) is 16.6. The average molecular weight is 461 g/mol. The van der Waals surface area contributed by atoms with Crippen molar-refractivity contribution in [3.05, 3.63) is 53.6 Å². The van der Waals surface area contributed by atoms with Crippen LogP contribution in [0.5, 0.6) is 0 Å². The van der Waals surface area contributed by atoms with Crippen molar-refractivity contribution < 1.29 is 36.0 Å². The third-order valence-corrected chi connectivity index (χ3v) is 3.22. The summed E-state index contributed by atoms with van der Waals surface area (Å²) in [6, 6.07) is 8.99. The van der Waals surface area contributed by atoms with Gasteiger partial charge in [0.1, 0.15) is 5.82 Å². The van der Waals surface area contributed by atoms with Crippen molar-refractivity contribution >= 4 is 33.1 Å². The molecule has 0 bridgehead atoms. The summed E-state index contributed by atoms with van der Waals surface area (Å²) in [6.45, 7) is 0. The zero-order chi connectivity index (χ0) is 24.0. The molecule has 3 aromatic rings. The highest BCUT2D eigenvalue weighted by Crippen LogP contribution is 2.30. The fraction of sp³-hybridized carbons (Fsp3) is 0.118. The van der Waals surface area contributed by atoms with E-state index in [2.05, 4.69) is 21.4 Å². The van der Waals surface area contributed by atoms with Gasteiger partial charge in [0.15, 0.2) is 5.96 Å². The average Bonchev–Trinajstić information content (AvgIpc) is 3.02. The maximum Gasteiger partial charge on any atom is 0.416 e. The molecule has 0 aliphatic rings. The number of nitrogens with one attached hydrogen (secondary N) is 2. The number of hydrogen-bond acceptors (Lipinski definition) is 5. The second kappa shape index (κ2) is 9.90. The Bertz CT molecular complexity index is 1160. The lowest BCUT2D eigenvalue weighted by Crippen LogP contribution is -2.20. The van der Waals surface area contributed by atoms with Crippen LogP contribution < -0.4 is 11.5 Å².